The lowest BCUT2D eigenvalue weighted by Gasteiger charge is -2.13. The van der Waals surface area contributed by atoms with Crippen molar-refractivity contribution in [1.29, 1.82) is 0 Å². The maximum absolute atomic E-state index is 12.4. The minimum atomic E-state index is -0.535. The Morgan fingerprint density at radius 2 is 1.50 bits per heavy atom. The first-order chi connectivity index (χ1) is 14.6. The van der Waals surface area contributed by atoms with Crippen LogP contribution >= 0.6 is 0 Å². The molecular formula is C24H18N2O4. The average Bonchev–Trinajstić information content (AvgIpc) is 2.78. The molecule has 0 aromatic heterocycles. The number of benzene rings is 4. The fourth-order valence-corrected chi connectivity index (χ4v) is 3.34. The van der Waals surface area contributed by atoms with Crippen molar-refractivity contribution in [2.45, 2.75) is 0 Å². The summed E-state index contributed by atoms with van der Waals surface area (Å²) in [5.74, 6) is 0.0867. The van der Waals surface area contributed by atoms with E-state index in [4.69, 9.17) is 4.74 Å². The monoisotopic (exact) mass is 398 g/mol. The lowest BCUT2D eigenvalue weighted by Crippen LogP contribution is -2.20. The van der Waals surface area contributed by atoms with Crippen LogP contribution in [0.25, 0.3) is 21.9 Å². The van der Waals surface area contributed by atoms with E-state index >= 15 is 0 Å². The third-order valence-electron chi connectivity index (χ3n) is 4.70. The summed E-state index contributed by atoms with van der Waals surface area (Å²) in [5, 5.41) is 15.9. The topological polar surface area (TPSA) is 81.5 Å². The molecule has 0 saturated heterocycles. The molecule has 1 amide bonds. The molecule has 6 heteroatoms. The van der Waals surface area contributed by atoms with Gasteiger partial charge in [-0.05, 0) is 28.5 Å². The van der Waals surface area contributed by atoms with E-state index in [2.05, 4.69) is 5.32 Å². The zero-order valence-electron chi connectivity index (χ0n) is 15.9. The smallest absolute Gasteiger partial charge is 0.292 e. The van der Waals surface area contributed by atoms with E-state index in [0.717, 1.165) is 21.9 Å². The number of rotatable bonds is 6. The van der Waals surface area contributed by atoms with Crippen LogP contribution in [0.3, 0.4) is 0 Å². The first-order valence-corrected chi connectivity index (χ1v) is 9.37. The van der Waals surface area contributed by atoms with E-state index < -0.39 is 10.8 Å². The van der Waals surface area contributed by atoms with Gasteiger partial charge in [0.05, 0.1) is 4.92 Å². The molecule has 0 spiro atoms. The van der Waals surface area contributed by atoms with Gasteiger partial charge in [0.2, 0.25) is 0 Å². The van der Waals surface area contributed by atoms with Gasteiger partial charge in [0, 0.05) is 11.6 Å². The first kappa shape index (κ1) is 19.1. The van der Waals surface area contributed by atoms with Crippen molar-refractivity contribution in [3.05, 3.63) is 101 Å². The van der Waals surface area contributed by atoms with Gasteiger partial charge in [0.1, 0.15) is 11.4 Å². The number of anilines is 1. The summed E-state index contributed by atoms with van der Waals surface area (Å²) in [6, 6.07) is 27.6. The molecule has 4 rings (SSSR count). The third-order valence-corrected chi connectivity index (χ3v) is 4.70. The van der Waals surface area contributed by atoms with Gasteiger partial charge < -0.3 is 10.1 Å². The van der Waals surface area contributed by atoms with Gasteiger partial charge in [-0.15, -0.1) is 0 Å². The van der Waals surface area contributed by atoms with E-state index in [1.807, 2.05) is 60.7 Å². The predicted octanol–water partition coefficient (Wildman–Crippen LogP) is 5.43. The Morgan fingerprint density at radius 1 is 0.833 bits per heavy atom. The Morgan fingerprint density at radius 3 is 2.37 bits per heavy atom. The van der Waals surface area contributed by atoms with Crippen LogP contribution in [0.4, 0.5) is 11.4 Å². The highest BCUT2D eigenvalue weighted by Crippen LogP contribution is 2.35. The minimum absolute atomic E-state index is 0.137. The molecule has 0 fully saturated rings. The molecule has 4 aromatic rings. The standard InChI is InChI=1S/C24H18N2O4/c27-24(25-21-13-4-5-14-22(21)26(28)29)16-30-23-15-6-3-11-20(23)19-12-7-9-17-8-1-2-10-18(17)19/h1-15H,16H2,(H,25,27). The number of amides is 1. The molecule has 0 radical (unpaired) electrons. The van der Waals surface area contributed by atoms with Gasteiger partial charge in [-0.25, -0.2) is 0 Å². The summed E-state index contributed by atoms with van der Waals surface area (Å²) in [5.41, 5.74) is 1.84. The fourth-order valence-electron chi connectivity index (χ4n) is 3.34. The summed E-state index contributed by atoms with van der Waals surface area (Å²) in [6.07, 6.45) is 0. The Bertz CT molecular complexity index is 1230. The fraction of sp³-hybridized carbons (Fsp3) is 0.0417. The molecule has 0 aliphatic rings. The molecule has 1 N–H and O–H groups in total. The lowest BCUT2D eigenvalue weighted by molar-refractivity contribution is -0.383. The van der Waals surface area contributed by atoms with Crippen molar-refractivity contribution in [1.82, 2.24) is 0 Å². The van der Waals surface area contributed by atoms with Crippen LogP contribution < -0.4 is 10.1 Å². The molecule has 148 valence electrons. The Balaban J connectivity index is 1.56. The third kappa shape index (κ3) is 3.98. The number of carbonyl (C=O) groups excluding carboxylic acids is 1. The van der Waals surface area contributed by atoms with Crippen LogP contribution in [0.5, 0.6) is 5.75 Å². The van der Waals surface area contributed by atoms with Crippen LogP contribution in [-0.2, 0) is 4.79 Å². The molecule has 0 aliphatic heterocycles. The zero-order valence-corrected chi connectivity index (χ0v) is 15.9. The molecule has 0 atom stereocenters. The van der Waals surface area contributed by atoms with Gasteiger partial charge in [-0.3, -0.25) is 14.9 Å². The van der Waals surface area contributed by atoms with Crippen LogP contribution in [-0.4, -0.2) is 17.4 Å². The molecule has 0 unspecified atom stereocenters. The Hall–Kier alpha value is -4.19. The van der Waals surface area contributed by atoms with E-state index in [0.29, 0.717) is 5.75 Å². The summed E-state index contributed by atoms with van der Waals surface area (Å²) in [7, 11) is 0. The summed E-state index contributed by atoms with van der Waals surface area (Å²) >= 11 is 0. The number of hydrogen-bond acceptors (Lipinski definition) is 4. The quantitative estimate of drug-likeness (QED) is 0.347. The van der Waals surface area contributed by atoms with Crippen molar-refractivity contribution in [2.75, 3.05) is 11.9 Å². The molecule has 0 heterocycles. The van der Waals surface area contributed by atoms with Crippen LogP contribution in [0, 0.1) is 10.1 Å². The highest BCUT2D eigenvalue weighted by molar-refractivity contribution is 5.98. The van der Waals surface area contributed by atoms with Crippen molar-refractivity contribution < 1.29 is 14.5 Å². The van der Waals surface area contributed by atoms with Crippen LogP contribution in [0.2, 0.25) is 0 Å². The molecule has 0 saturated carbocycles. The average molecular weight is 398 g/mol. The van der Waals surface area contributed by atoms with E-state index in [1.165, 1.54) is 12.1 Å². The van der Waals surface area contributed by atoms with Crippen molar-refractivity contribution >= 4 is 28.1 Å². The first-order valence-electron chi connectivity index (χ1n) is 9.37. The largest absolute Gasteiger partial charge is 0.483 e. The molecular weight excluding hydrogens is 380 g/mol. The molecule has 30 heavy (non-hydrogen) atoms. The van der Waals surface area contributed by atoms with Crippen molar-refractivity contribution in [2.24, 2.45) is 0 Å². The second-order valence-electron chi connectivity index (χ2n) is 6.63. The number of ether oxygens (including phenoxy) is 1. The minimum Gasteiger partial charge on any atom is -0.483 e. The van der Waals surface area contributed by atoms with Crippen molar-refractivity contribution in [3.63, 3.8) is 0 Å². The van der Waals surface area contributed by atoms with E-state index in [1.54, 1.807) is 18.2 Å². The molecule has 4 aromatic carbocycles. The van der Waals surface area contributed by atoms with E-state index in [9.17, 15) is 14.9 Å². The summed E-state index contributed by atoms with van der Waals surface area (Å²) < 4.78 is 5.79. The summed E-state index contributed by atoms with van der Waals surface area (Å²) in [6.45, 7) is -0.270. The number of nitro groups is 1. The van der Waals surface area contributed by atoms with Gasteiger partial charge in [0.15, 0.2) is 6.61 Å². The van der Waals surface area contributed by atoms with Gasteiger partial charge in [0.25, 0.3) is 11.6 Å². The number of fused-ring (bicyclic) bond motifs is 1. The molecule has 0 aliphatic carbocycles. The van der Waals surface area contributed by atoms with Gasteiger partial charge >= 0.3 is 0 Å². The van der Waals surface area contributed by atoms with Crippen LogP contribution in [0.1, 0.15) is 0 Å². The second-order valence-corrected chi connectivity index (χ2v) is 6.63. The Kier molecular flexibility index (Phi) is 5.39. The van der Waals surface area contributed by atoms with Gasteiger partial charge in [-0.1, -0.05) is 72.8 Å². The number of carbonyl (C=O) groups is 1. The highest BCUT2D eigenvalue weighted by Gasteiger charge is 2.16. The van der Waals surface area contributed by atoms with E-state index in [-0.39, 0.29) is 18.0 Å². The zero-order chi connectivity index (χ0) is 20.9. The maximum atomic E-state index is 12.4. The SMILES string of the molecule is O=C(COc1ccccc1-c1cccc2ccccc12)Nc1ccccc1[N+](=O)[O-]. The Labute approximate surface area is 172 Å². The normalized spacial score (nSPS) is 10.5. The summed E-state index contributed by atoms with van der Waals surface area (Å²) in [4.78, 5) is 22.9. The van der Waals surface area contributed by atoms with Crippen LogP contribution in [0.15, 0.2) is 91.0 Å². The second kappa shape index (κ2) is 8.45. The number of nitrogens with zero attached hydrogens (tertiary/aromatic N) is 1. The number of nitro benzene ring substituents is 1. The number of para-hydroxylation sites is 3. The lowest BCUT2D eigenvalue weighted by atomic mass is 9.98. The maximum Gasteiger partial charge on any atom is 0.292 e. The van der Waals surface area contributed by atoms with Crippen molar-refractivity contribution in [3.8, 4) is 16.9 Å². The molecule has 6 nitrogen and oxygen atoms in total. The molecule has 0 bridgehead atoms. The van der Waals surface area contributed by atoms with Gasteiger partial charge in [-0.2, -0.15) is 0 Å². The highest BCUT2D eigenvalue weighted by atomic mass is 16.6. The predicted molar refractivity (Wildman–Crippen MR) is 117 cm³/mol. The number of nitrogens with one attached hydrogen (secondary N) is 1. The number of hydrogen-bond donors (Lipinski definition) is 1.